The number of carbonyl (C=O) groups excluding carboxylic acids is 1. The van der Waals surface area contributed by atoms with Crippen molar-refractivity contribution in [3.05, 3.63) is 35.6 Å². The number of aryl methyl sites for hydroxylation is 1. The Morgan fingerprint density at radius 2 is 1.82 bits per heavy atom. The lowest BCUT2D eigenvalue weighted by molar-refractivity contribution is 0.111. The van der Waals surface area contributed by atoms with E-state index in [9.17, 15) is 4.79 Å². The normalized spacial score (nSPS) is 20.0. The van der Waals surface area contributed by atoms with Crippen LogP contribution in [0, 0.1) is 12.8 Å². The summed E-state index contributed by atoms with van der Waals surface area (Å²) in [6.07, 6.45) is 2.21. The molecule has 6 nitrogen and oxygen atoms in total. The molecule has 2 amide bonds. The van der Waals surface area contributed by atoms with Crippen molar-refractivity contribution in [2.24, 2.45) is 5.92 Å². The van der Waals surface area contributed by atoms with E-state index in [1.54, 1.807) is 0 Å². The lowest BCUT2D eigenvalue weighted by Crippen LogP contribution is -2.49. The largest absolute Gasteiger partial charge is 0.461 e. The topological polar surface area (TPSA) is 52.0 Å². The number of amides is 2. The van der Waals surface area contributed by atoms with Crippen molar-refractivity contribution in [3.63, 3.8) is 0 Å². The average molecular weight is 385 g/mol. The third-order valence-corrected chi connectivity index (χ3v) is 6.33. The van der Waals surface area contributed by atoms with Gasteiger partial charge in [-0.05, 0) is 38.8 Å². The molecule has 28 heavy (non-hydrogen) atoms. The maximum Gasteiger partial charge on any atom is 0.317 e. The third-order valence-electron chi connectivity index (χ3n) is 6.33. The number of hydrogen-bond donors (Lipinski definition) is 1. The van der Waals surface area contributed by atoms with Gasteiger partial charge in [0.1, 0.15) is 11.3 Å². The molecular weight excluding hydrogens is 352 g/mol. The molecule has 0 bridgehead atoms. The molecule has 3 heterocycles. The number of piperidine rings is 1. The fourth-order valence-electron chi connectivity index (χ4n) is 4.43. The maximum atomic E-state index is 12.6. The number of carbonyl (C=O) groups is 1. The van der Waals surface area contributed by atoms with Crippen LogP contribution in [-0.4, -0.2) is 73.6 Å². The van der Waals surface area contributed by atoms with Gasteiger partial charge in [0.05, 0.1) is 0 Å². The zero-order valence-electron chi connectivity index (χ0n) is 17.1. The van der Waals surface area contributed by atoms with E-state index in [4.69, 9.17) is 4.42 Å². The first-order chi connectivity index (χ1) is 13.6. The van der Waals surface area contributed by atoms with Crippen molar-refractivity contribution in [3.8, 4) is 0 Å². The van der Waals surface area contributed by atoms with E-state index in [-0.39, 0.29) is 6.03 Å². The van der Waals surface area contributed by atoms with E-state index in [2.05, 4.69) is 28.2 Å². The van der Waals surface area contributed by atoms with Crippen molar-refractivity contribution in [1.29, 1.82) is 0 Å². The Hall–Kier alpha value is -2.05. The van der Waals surface area contributed by atoms with Crippen molar-refractivity contribution in [2.75, 3.05) is 52.9 Å². The number of nitrogens with one attached hydrogen (secondary N) is 1. The minimum Gasteiger partial charge on any atom is -0.461 e. The summed E-state index contributed by atoms with van der Waals surface area (Å²) < 4.78 is 5.80. The zero-order valence-corrected chi connectivity index (χ0v) is 17.1. The molecule has 1 aromatic heterocycles. The van der Waals surface area contributed by atoms with Gasteiger partial charge in [-0.2, -0.15) is 0 Å². The van der Waals surface area contributed by atoms with Crippen LogP contribution in [0.3, 0.4) is 0 Å². The van der Waals surface area contributed by atoms with E-state index in [1.165, 1.54) is 32.7 Å². The van der Waals surface area contributed by atoms with Gasteiger partial charge < -0.3 is 24.4 Å². The van der Waals surface area contributed by atoms with Gasteiger partial charge in [0, 0.05) is 63.3 Å². The van der Waals surface area contributed by atoms with Crippen LogP contribution in [-0.2, 0) is 6.54 Å². The molecule has 4 rings (SSSR count). The molecule has 1 aromatic carbocycles. The molecule has 2 aromatic rings. The van der Waals surface area contributed by atoms with Gasteiger partial charge in [-0.1, -0.05) is 18.2 Å². The third kappa shape index (κ3) is 4.33. The van der Waals surface area contributed by atoms with Gasteiger partial charge in [0.15, 0.2) is 0 Å². The predicted molar refractivity (Wildman–Crippen MR) is 111 cm³/mol. The summed E-state index contributed by atoms with van der Waals surface area (Å²) in [4.78, 5) is 19.6. The second-order valence-corrected chi connectivity index (χ2v) is 8.33. The molecule has 1 N–H and O–H groups in total. The second-order valence-electron chi connectivity index (χ2n) is 8.33. The van der Waals surface area contributed by atoms with Gasteiger partial charge in [-0.3, -0.25) is 0 Å². The number of nitrogens with zero attached hydrogens (tertiary/aromatic N) is 3. The van der Waals surface area contributed by atoms with Gasteiger partial charge in [-0.15, -0.1) is 0 Å². The molecule has 2 aliphatic heterocycles. The number of para-hydroxylation sites is 1. The van der Waals surface area contributed by atoms with E-state index in [1.807, 2.05) is 30.0 Å². The molecule has 2 aliphatic rings. The fourth-order valence-corrected chi connectivity index (χ4v) is 4.43. The van der Waals surface area contributed by atoms with Crippen molar-refractivity contribution in [2.45, 2.75) is 26.3 Å². The van der Waals surface area contributed by atoms with Crippen LogP contribution in [0.15, 0.2) is 28.7 Å². The molecule has 2 saturated heterocycles. The number of urea groups is 1. The maximum absolute atomic E-state index is 12.6. The first-order valence-electron chi connectivity index (χ1n) is 10.5. The molecule has 2 fully saturated rings. The monoisotopic (exact) mass is 384 g/mol. The standard InChI is InChI=1S/C22H32N4O2/c1-17-20(19-5-3-4-6-21(19)28-17)15-23-22(27)26-9-7-18(8-10-26)16-25-13-11-24(2)12-14-25/h3-6,18H,7-16H2,1-2H3,(H,23,27). The minimum absolute atomic E-state index is 0.0442. The Labute approximate surface area is 167 Å². The highest BCUT2D eigenvalue weighted by Gasteiger charge is 2.25. The zero-order chi connectivity index (χ0) is 19.5. The van der Waals surface area contributed by atoms with Crippen molar-refractivity contribution in [1.82, 2.24) is 20.0 Å². The summed E-state index contributed by atoms with van der Waals surface area (Å²) in [7, 11) is 2.20. The molecule has 0 atom stereocenters. The highest BCUT2D eigenvalue weighted by molar-refractivity contribution is 5.83. The van der Waals surface area contributed by atoms with E-state index < -0.39 is 0 Å². The summed E-state index contributed by atoms with van der Waals surface area (Å²) in [5.41, 5.74) is 1.96. The summed E-state index contributed by atoms with van der Waals surface area (Å²) in [5, 5.41) is 4.19. The van der Waals surface area contributed by atoms with Gasteiger partial charge in [-0.25, -0.2) is 4.79 Å². The van der Waals surface area contributed by atoms with Crippen molar-refractivity contribution >= 4 is 17.0 Å². The van der Waals surface area contributed by atoms with Crippen LogP contribution in [0.2, 0.25) is 0 Å². The Balaban J connectivity index is 1.24. The van der Waals surface area contributed by atoms with Crippen LogP contribution in [0.5, 0.6) is 0 Å². The SMILES string of the molecule is Cc1oc2ccccc2c1CNC(=O)N1CCC(CN2CCN(C)CC2)CC1. The van der Waals surface area contributed by atoms with Crippen LogP contribution >= 0.6 is 0 Å². The Kier molecular flexibility index (Phi) is 5.87. The number of piperazine rings is 1. The van der Waals surface area contributed by atoms with Crippen LogP contribution in [0.25, 0.3) is 11.0 Å². The predicted octanol–water partition coefficient (Wildman–Crippen LogP) is 2.91. The van der Waals surface area contributed by atoms with E-state index >= 15 is 0 Å². The van der Waals surface area contributed by atoms with Crippen LogP contribution in [0.4, 0.5) is 4.79 Å². The minimum atomic E-state index is 0.0442. The molecule has 6 heteroatoms. The molecule has 152 valence electrons. The number of fused-ring (bicyclic) bond motifs is 1. The van der Waals surface area contributed by atoms with Crippen LogP contribution < -0.4 is 5.32 Å². The number of likely N-dealkylation sites (N-methyl/N-ethyl adjacent to an activating group) is 1. The highest BCUT2D eigenvalue weighted by Crippen LogP contribution is 2.25. The lowest BCUT2D eigenvalue weighted by Gasteiger charge is -2.37. The molecule has 0 saturated carbocycles. The average Bonchev–Trinajstić information content (AvgIpc) is 3.03. The molecular formula is C22H32N4O2. The van der Waals surface area contributed by atoms with E-state index in [0.29, 0.717) is 12.5 Å². The second kappa shape index (κ2) is 8.53. The Morgan fingerprint density at radius 1 is 1.11 bits per heavy atom. The quantitative estimate of drug-likeness (QED) is 0.881. The van der Waals surface area contributed by atoms with E-state index in [0.717, 1.165) is 48.2 Å². The first kappa shape index (κ1) is 19.3. The lowest BCUT2D eigenvalue weighted by atomic mass is 9.96. The number of furan rings is 1. The molecule has 0 radical (unpaired) electrons. The van der Waals surface area contributed by atoms with Gasteiger partial charge in [0.2, 0.25) is 0 Å². The fraction of sp³-hybridized carbons (Fsp3) is 0.591. The Morgan fingerprint density at radius 3 is 2.57 bits per heavy atom. The van der Waals surface area contributed by atoms with Crippen molar-refractivity contribution < 1.29 is 9.21 Å². The summed E-state index contributed by atoms with van der Waals surface area (Å²) in [6.45, 7) is 10.1. The molecule has 0 aliphatic carbocycles. The summed E-state index contributed by atoms with van der Waals surface area (Å²) >= 11 is 0. The van der Waals surface area contributed by atoms with Gasteiger partial charge in [0.25, 0.3) is 0 Å². The number of hydrogen-bond acceptors (Lipinski definition) is 4. The van der Waals surface area contributed by atoms with Crippen LogP contribution in [0.1, 0.15) is 24.2 Å². The number of likely N-dealkylation sites (tertiary alicyclic amines) is 1. The summed E-state index contributed by atoms with van der Waals surface area (Å²) in [5.74, 6) is 1.60. The summed E-state index contributed by atoms with van der Waals surface area (Å²) in [6, 6.07) is 8.05. The Bertz CT molecular complexity index is 802. The first-order valence-corrected chi connectivity index (χ1v) is 10.5. The van der Waals surface area contributed by atoms with Gasteiger partial charge >= 0.3 is 6.03 Å². The number of rotatable bonds is 4. The smallest absolute Gasteiger partial charge is 0.317 e. The molecule has 0 spiro atoms. The molecule has 0 unspecified atom stereocenters. The highest BCUT2D eigenvalue weighted by atomic mass is 16.3. The number of benzene rings is 1.